The van der Waals surface area contributed by atoms with E-state index in [9.17, 15) is 9.59 Å². The van der Waals surface area contributed by atoms with Gasteiger partial charge >= 0.3 is 0 Å². The molecule has 174 valence electrons. The lowest BCUT2D eigenvalue weighted by molar-refractivity contribution is -0.123. The lowest BCUT2D eigenvalue weighted by atomic mass is 10.1. The Morgan fingerprint density at radius 3 is 2.47 bits per heavy atom. The molecule has 0 bridgehead atoms. The number of hydrogen-bond donors (Lipinski definition) is 0. The summed E-state index contributed by atoms with van der Waals surface area (Å²) >= 11 is 4.53. The Kier molecular flexibility index (Phi) is 7.75. The molecular formula is C27H24BrNO4S. The van der Waals surface area contributed by atoms with Gasteiger partial charge in [0, 0.05) is 0 Å². The summed E-state index contributed by atoms with van der Waals surface area (Å²) in [6.07, 6.45) is 1.72. The Hall–Kier alpha value is -3.03. The molecule has 3 aromatic carbocycles. The third-order valence-electron chi connectivity index (χ3n) is 5.15. The van der Waals surface area contributed by atoms with Gasteiger partial charge < -0.3 is 9.47 Å². The zero-order valence-electron chi connectivity index (χ0n) is 18.9. The molecule has 0 unspecified atom stereocenters. The number of carbonyl (C=O) groups excluding carboxylic acids is 2. The summed E-state index contributed by atoms with van der Waals surface area (Å²) in [7, 11) is 0. The molecule has 34 heavy (non-hydrogen) atoms. The molecule has 0 N–H and O–H groups in total. The standard InChI is InChI=1S/C27H24BrNO4S/c1-3-32-23-14-21(13-22(28)25(23)33-17-20-11-7-8-18(2)12-20)15-24-26(30)29(27(31)34-24)16-19-9-5-4-6-10-19/h4-15H,3,16-17H2,1-2H3/b24-15-. The molecule has 1 aliphatic heterocycles. The zero-order valence-corrected chi connectivity index (χ0v) is 21.3. The summed E-state index contributed by atoms with van der Waals surface area (Å²) in [4.78, 5) is 27.1. The molecule has 0 spiro atoms. The van der Waals surface area contributed by atoms with E-state index in [1.807, 2.05) is 74.5 Å². The molecule has 7 heteroatoms. The maximum absolute atomic E-state index is 12.9. The first kappa shape index (κ1) is 24.1. The Bertz CT molecular complexity index is 1240. The van der Waals surface area contributed by atoms with Crippen LogP contribution in [0.4, 0.5) is 4.79 Å². The molecule has 0 radical (unpaired) electrons. The largest absolute Gasteiger partial charge is 0.490 e. The average molecular weight is 538 g/mol. The summed E-state index contributed by atoms with van der Waals surface area (Å²) < 4.78 is 12.6. The highest BCUT2D eigenvalue weighted by Gasteiger charge is 2.35. The van der Waals surface area contributed by atoms with Crippen LogP contribution < -0.4 is 9.47 Å². The third kappa shape index (κ3) is 5.72. The minimum Gasteiger partial charge on any atom is -0.490 e. The number of hydrogen-bond acceptors (Lipinski definition) is 5. The van der Waals surface area contributed by atoms with Crippen LogP contribution in [0.1, 0.15) is 29.2 Å². The number of aryl methyl sites for hydroxylation is 1. The fraction of sp³-hybridized carbons (Fsp3) is 0.185. The number of carbonyl (C=O) groups is 2. The third-order valence-corrected chi connectivity index (χ3v) is 6.65. The fourth-order valence-corrected chi connectivity index (χ4v) is 5.00. The van der Waals surface area contributed by atoms with E-state index >= 15 is 0 Å². The number of thioether (sulfide) groups is 1. The van der Waals surface area contributed by atoms with E-state index in [0.717, 1.165) is 28.5 Å². The van der Waals surface area contributed by atoms with Gasteiger partial charge in [-0.3, -0.25) is 14.5 Å². The van der Waals surface area contributed by atoms with E-state index in [4.69, 9.17) is 9.47 Å². The molecule has 4 rings (SSSR count). The Balaban J connectivity index is 1.55. The summed E-state index contributed by atoms with van der Waals surface area (Å²) in [6, 6.07) is 21.3. The Labute approximate surface area is 211 Å². The van der Waals surface area contributed by atoms with Crippen LogP contribution in [-0.2, 0) is 17.9 Å². The SMILES string of the molecule is CCOc1cc(/C=C2\SC(=O)N(Cc3ccccc3)C2=O)cc(Br)c1OCc1cccc(C)c1. The van der Waals surface area contributed by atoms with Crippen molar-refractivity contribution in [3.63, 3.8) is 0 Å². The number of imide groups is 1. The van der Waals surface area contributed by atoms with Gasteiger partial charge in [-0.2, -0.15) is 0 Å². The van der Waals surface area contributed by atoms with Crippen LogP contribution in [0.5, 0.6) is 11.5 Å². The van der Waals surface area contributed by atoms with Crippen LogP contribution in [-0.4, -0.2) is 22.7 Å². The van der Waals surface area contributed by atoms with E-state index in [-0.39, 0.29) is 17.7 Å². The van der Waals surface area contributed by atoms with Crippen molar-refractivity contribution in [2.24, 2.45) is 0 Å². The number of rotatable bonds is 8. The summed E-state index contributed by atoms with van der Waals surface area (Å²) in [5, 5.41) is -0.276. The summed E-state index contributed by atoms with van der Waals surface area (Å²) in [5.41, 5.74) is 3.87. The van der Waals surface area contributed by atoms with E-state index in [1.165, 1.54) is 10.5 Å². The average Bonchev–Trinajstić information content (AvgIpc) is 3.07. The van der Waals surface area contributed by atoms with Crippen molar-refractivity contribution in [3.8, 4) is 11.5 Å². The van der Waals surface area contributed by atoms with Crippen molar-refractivity contribution < 1.29 is 19.1 Å². The predicted molar refractivity (Wildman–Crippen MR) is 139 cm³/mol. The highest BCUT2D eigenvalue weighted by molar-refractivity contribution is 9.10. The molecule has 3 aromatic rings. The quantitative estimate of drug-likeness (QED) is 0.290. The van der Waals surface area contributed by atoms with E-state index < -0.39 is 0 Å². The number of ether oxygens (including phenoxy) is 2. The molecule has 1 heterocycles. The molecule has 0 aliphatic carbocycles. The molecule has 1 saturated heterocycles. The van der Waals surface area contributed by atoms with Crippen molar-refractivity contribution in [2.75, 3.05) is 6.61 Å². The maximum atomic E-state index is 12.9. The first-order valence-corrected chi connectivity index (χ1v) is 12.5. The van der Waals surface area contributed by atoms with Gasteiger partial charge in [0.05, 0.1) is 22.5 Å². The molecule has 0 aromatic heterocycles. The normalized spacial score (nSPS) is 14.7. The zero-order chi connectivity index (χ0) is 24.1. The number of amides is 2. The Morgan fingerprint density at radius 2 is 1.74 bits per heavy atom. The fourth-order valence-electron chi connectivity index (χ4n) is 3.59. The van der Waals surface area contributed by atoms with Crippen LogP contribution in [0, 0.1) is 6.92 Å². The molecule has 1 fully saturated rings. The van der Waals surface area contributed by atoms with Crippen molar-refractivity contribution in [2.45, 2.75) is 27.0 Å². The molecular weight excluding hydrogens is 514 g/mol. The van der Waals surface area contributed by atoms with Gasteiger partial charge in [0.1, 0.15) is 6.61 Å². The van der Waals surface area contributed by atoms with Crippen LogP contribution in [0.25, 0.3) is 6.08 Å². The van der Waals surface area contributed by atoms with Gasteiger partial charge in [0.15, 0.2) is 11.5 Å². The van der Waals surface area contributed by atoms with Gasteiger partial charge in [-0.05, 0) is 76.4 Å². The number of benzene rings is 3. The second-order valence-corrected chi connectivity index (χ2v) is 9.64. The smallest absolute Gasteiger partial charge is 0.293 e. The molecule has 0 atom stereocenters. The number of nitrogens with zero attached hydrogens (tertiary/aromatic N) is 1. The van der Waals surface area contributed by atoms with Crippen LogP contribution in [0.15, 0.2) is 76.1 Å². The molecule has 2 amide bonds. The van der Waals surface area contributed by atoms with Crippen LogP contribution in [0.2, 0.25) is 0 Å². The predicted octanol–water partition coefficient (Wildman–Crippen LogP) is 6.97. The second kappa shape index (κ2) is 10.9. The van der Waals surface area contributed by atoms with E-state index in [0.29, 0.717) is 34.1 Å². The topological polar surface area (TPSA) is 55.8 Å². The lowest BCUT2D eigenvalue weighted by Gasteiger charge is -2.15. The van der Waals surface area contributed by atoms with E-state index in [1.54, 1.807) is 6.08 Å². The van der Waals surface area contributed by atoms with Crippen LogP contribution >= 0.6 is 27.7 Å². The minimum atomic E-state index is -0.298. The van der Waals surface area contributed by atoms with E-state index in [2.05, 4.69) is 22.0 Å². The van der Waals surface area contributed by atoms with Crippen molar-refractivity contribution in [1.29, 1.82) is 0 Å². The lowest BCUT2D eigenvalue weighted by Crippen LogP contribution is -2.27. The van der Waals surface area contributed by atoms with Gasteiger partial charge in [-0.25, -0.2) is 0 Å². The van der Waals surface area contributed by atoms with Crippen molar-refractivity contribution >= 4 is 44.9 Å². The summed E-state index contributed by atoms with van der Waals surface area (Å²) in [5.74, 6) is 0.865. The van der Waals surface area contributed by atoms with Gasteiger partial charge in [-0.1, -0.05) is 60.2 Å². The molecule has 0 saturated carbocycles. The molecule has 5 nitrogen and oxygen atoms in total. The molecule has 1 aliphatic rings. The van der Waals surface area contributed by atoms with Crippen molar-refractivity contribution in [3.05, 3.63) is 98.4 Å². The maximum Gasteiger partial charge on any atom is 0.293 e. The highest BCUT2D eigenvalue weighted by atomic mass is 79.9. The van der Waals surface area contributed by atoms with Gasteiger partial charge in [0.2, 0.25) is 0 Å². The monoisotopic (exact) mass is 537 g/mol. The minimum absolute atomic E-state index is 0.252. The van der Waals surface area contributed by atoms with Crippen molar-refractivity contribution in [1.82, 2.24) is 4.90 Å². The number of halogens is 1. The Morgan fingerprint density at radius 1 is 0.971 bits per heavy atom. The summed E-state index contributed by atoms with van der Waals surface area (Å²) in [6.45, 7) is 5.06. The first-order chi connectivity index (χ1) is 16.4. The van der Waals surface area contributed by atoms with Crippen LogP contribution in [0.3, 0.4) is 0 Å². The first-order valence-electron chi connectivity index (χ1n) is 10.9. The van der Waals surface area contributed by atoms with Gasteiger partial charge in [0.25, 0.3) is 11.1 Å². The van der Waals surface area contributed by atoms with Gasteiger partial charge in [-0.15, -0.1) is 0 Å². The highest BCUT2D eigenvalue weighted by Crippen LogP contribution is 2.40. The second-order valence-electron chi connectivity index (χ2n) is 7.79.